The first kappa shape index (κ1) is 17.4. The average molecular weight is 360 g/mol. The van der Waals surface area contributed by atoms with Gasteiger partial charge in [0.2, 0.25) is 0 Å². The number of nitrogens with one attached hydrogen (secondary N) is 1. The van der Waals surface area contributed by atoms with E-state index in [1.807, 2.05) is 43.4 Å². The predicted octanol–water partition coefficient (Wildman–Crippen LogP) is 4.45. The number of fused-ring (bicyclic) bond motifs is 2. The number of benzene rings is 2. The van der Waals surface area contributed by atoms with E-state index in [2.05, 4.69) is 21.3 Å². The molecule has 0 saturated heterocycles. The summed E-state index contributed by atoms with van der Waals surface area (Å²) in [6.45, 7) is 1.70. The van der Waals surface area contributed by atoms with Crippen molar-refractivity contribution in [2.45, 2.75) is 6.42 Å². The number of aromatic nitrogens is 1. The van der Waals surface area contributed by atoms with Crippen molar-refractivity contribution in [3.8, 4) is 0 Å². The maximum Gasteiger partial charge on any atom is 0.159 e. The van der Waals surface area contributed by atoms with Crippen LogP contribution in [0.4, 0.5) is 21.6 Å². The van der Waals surface area contributed by atoms with Crippen LogP contribution in [0.5, 0.6) is 0 Å². The van der Waals surface area contributed by atoms with Crippen molar-refractivity contribution in [3.05, 3.63) is 83.8 Å². The number of anilines is 2. The molecule has 3 aromatic rings. The summed E-state index contributed by atoms with van der Waals surface area (Å²) in [5, 5.41) is 3.19. The minimum absolute atomic E-state index is 0.278. The van der Waals surface area contributed by atoms with Crippen LogP contribution in [-0.4, -0.2) is 30.8 Å². The van der Waals surface area contributed by atoms with Gasteiger partial charge in [-0.25, -0.2) is 14.4 Å². The molecule has 1 aliphatic rings. The highest BCUT2D eigenvalue weighted by atomic mass is 19.1. The summed E-state index contributed by atoms with van der Waals surface area (Å²) in [5.74, 6) is 0.521. The third kappa shape index (κ3) is 3.34. The Morgan fingerprint density at radius 3 is 2.56 bits per heavy atom. The molecular formula is C22H21FN4. The van der Waals surface area contributed by atoms with Gasteiger partial charge in [-0.1, -0.05) is 30.3 Å². The lowest BCUT2D eigenvalue weighted by atomic mass is 9.99. The van der Waals surface area contributed by atoms with E-state index in [1.165, 1.54) is 6.07 Å². The number of hydrogen-bond donors (Lipinski definition) is 1. The Bertz CT molecular complexity index is 983. The molecule has 0 unspecified atom stereocenters. The van der Waals surface area contributed by atoms with Crippen molar-refractivity contribution in [1.29, 1.82) is 0 Å². The summed E-state index contributed by atoms with van der Waals surface area (Å²) in [5.41, 5.74) is 3.78. The first-order valence-electron chi connectivity index (χ1n) is 9.10. The normalized spacial score (nSPS) is 12.8. The summed E-state index contributed by atoms with van der Waals surface area (Å²) in [6.07, 6.45) is 2.73. The van der Waals surface area contributed by atoms with E-state index in [0.717, 1.165) is 42.3 Å². The second-order valence-corrected chi connectivity index (χ2v) is 6.41. The van der Waals surface area contributed by atoms with Gasteiger partial charge < -0.3 is 10.2 Å². The molecule has 4 rings (SSSR count). The molecule has 2 heterocycles. The zero-order valence-electron chi connectivity index (χ0n) is 15.2. The maximum absolute atomic E-state index is 14.6. The molecule has 1 N–H and O–H groups in total. The van der Waals surface area contributed by atoms with Crippen molar-refractivity contribution in [3.63, 3.8) is 0 Å². The Balaban J connectivity index is 1.92. The predicted molar refractivity (Wildman–Crippen MR) is 108 cm³/mol. The molecule has 0 atom stereocenters. The molecule has 0 amide bonds. The number of aliphatic imine (C=N–C) groups is 1. The largest absolute Gasteiger partial charge is 0.324 e. The summed E-state index contributed by atoms with van der Waals surface area (Å²) in [7, 11) is 1.95. The van der Waals surface area contributed by atoms with Crippen LogP contribution in [0.15, 0.2) is 71.9 Å². The van der Waals surface area contributed by atoms with Crippen LogP contribution in [0.2, 0.25) is 0 Å². The molecule has 4 nitrogen and oxygen atoms in total. The van der Waals surface area contributed by atoms with E-state index in [-0.39, 0.29) is 5.82 Å². The summed E-state index contributed by atoms with van der Waals surface area (Å²) in [6, 6.07) is 18.6. The van der Waals surface area contributed by atoms with Gasteiger partial charge >= 0.3 is 0 Å². The standard InChI is InChI=1S/C22H21FN4/c1-24-13-7-15-27-20-12-5-3-9-17(20)21(16-8-2-4-10-18(16)23)26-19-11-6-14-25-22(19)27/h2-6,8-12,14,24H,7,13,15H2,1H3. The Morgan fingerprint density at radius 1 is 0.963 bits per heavy atom. The second kappa shape index (κ2) is 7.68. The van der Waals surface area contributed by atoms with Crippen molar-refractivity contribution in [2.75, 3.05) is 25.0 Å². The molecule has 0 spiro atoms. The third-order valence-corrected chi connectivity index (χ3v) is 4.64. The van der Waals surface area contributed by atoms with Gasteiger partial charge in [-0.3, -0.25) is 0 Å². The second-order valence-electron chi connectivity index (χ2n) is 6.41. The van der Waals surface area contributed by atoms with Gasteiger partial charge in [-0.05, 0) is 50.3 Å². The number of pyridine rings is 1. The van der Waals surface area contributed by atoms with Crippen LogP contribution in [0, 0.1) is 5.82 Å². The molecule has 136 valence electrons. The maximum atomic E-state index is 14.6. The van der Waals surface area contributed by atoms with E-state index in [0.29, 0.717) is 11.3 Å². The fourth-order valence-corrected chi connectivity index (χ4v) is 3.39. The molecule has 0 radical (unpaired) electrons. The molecule has 27 heavy (non-hydrogen) atoms. The van der Waals surface area contributed by atoms with Crippen molar-refractivity contribution < 1.29 is 4.39 Å². The lowest BCUT2D eigenvalue weighted by Gasteiger charge is -2.25. The Labute approximate surface area is 158 Å². The van der Waals surface area contributed by atoms with Gasteiger partial charge in [-0.2, -0.15) is 0 Å². The van der Waals surface area contributed by atoms with Crippen molar-refractivity contribution >= 4 is 22.9 Å². The molecular weight excluding hydrogens is 339 g/mol. The monoisotopic (exact) mass is 360 g/mol. The zero-order chi connectivity index (χ0) is 18.6. The lowest BCUT2D eigenvalue weighted by Crippen LogP contribution is -2.24. The van der Waals surface area contributed by atoms with Gasteiger partial charge in [0, 0.05) is 23.9 Å². The number of halogens is 1. The average Bonchev–Trinajstić information content (AvgIpc) is 2.84. The van der Waals surface area contributed by atoms with E-state index in [1.54, 1.807) is 18.3 Å². The Morgan fingerprint density at radius 2 is 1.74 bits per heavy atom. The minimum Gasteiger partial charge on any atom is -0.324 e. The summed E-state index contributed by atoms with van der Waals surface area (Å²) < 4.78 is 14.6. The van der Waals surface area contributed by atoms with Gasteiger partial charge in [0.15, 0.2) is 5.82 Å². The topological polar surface area (TPSA) is 40.5 Å². The summed E-state index contributed by atoms with van der Waals surface area (Å²) >= 11 is 0. The molecule has 2 aromatic carbocycles. The van der Waals surface area contributed by atoms with Crippen molar-refractivity contribution in [1.82, 2.24) is 10.3 Å². The smallest absolute Gasteiger partial charge is 0.159 e. The quantitative estimate of drug-likeness (QED) is 0.684. The first-order valence-corrected chi connectivity index (χ1v) is 9.10. The van der Waals surface area contributed by atoms with Gasteiger partial charge in [0.05, 0.1) is 11.4 Å². The fraction of sp³-hybridized carbons (Fsp3) is 0.182. The number of para-hydroxylation sites is 1. The first-order chi connectivity index (χ1) is 13.3. The minimum atomic E-state index is -0.278. The molecule has 0 aliphatic carbocycles. The van der Waals surface area contributed by atoms with E-state index >= 15 is 0 Å². The molecule has 0 bridgehead atoms. The van der Waals surface area contributed by atoms with Crippen molar-refractivity contribution in [2.24, 2.45) is 4.99 Å². The Kier molecular flexibility index (Phi) is 4.94. The number of nitrogens with zero attached hydrogens (tertiary/aromatic N) is 3. The highest BCUT2D eigenvalue weighted by Gasteiger charge is 2.25. The van der Waals surface area contributed by atoms with Crippen LogP contribution in [0.1, 0.15) is 17.5 Å². The molecule has 1 aromatic heterocycles. The van der Waals surface area contributed by atoms with E-state index in [4.69, 9.17) is 4.99 Å². The van der Waals surface area contributed by atoms with E-state index in [9.17, 15) is 4.39 Å². The number of rotatable bonds is 5. The molecule has 0 saturated carbocycles. The molecule has 5 heteroatoms. The molecule has 1 aliphatic heterocycles. The van der Waals surface area contributed by atoms with Gasteiger partial charge in [-0.15, -0.1) is 0 Å². The Hall–Kier alpha value is -3.05. The van der Waals surface area contributed by atoms with Crippen LogP contribution in [0.3, 0.4) is 0 Å². The molecule has 0 fully saturated rings. The van der Waals surface area contributed by atoms with E-state index < -0.39 is 0 Å². The fourth-order valence-electron chi connectivity index (χ4n) is 3.39. The van der Waals surface area contributed by atoms with Gasteiger partial charge in [0.25, 0.3) is 0 Å². The van der Waals surface area contributed by atoms with Crippen LogP contribution < -0.4 is 10.2 Å². The van der Waals surface area contributed by atoms with Crippen LogP contribution >= 0.6 is 0 Å². The highest BCUT2D eigenvalue weighted by Crippen LogP contribution is 2.39. The van der Waals surface area contributed by atoms with Crippen LogP contribution in [0.25, 0.3) is 0 Å². The third-order valence-electron chi connectivity index (χ3n) is 4.64. The highest BCUT2D eigenvalue weighted by molar-refractivity contribution is 6.18. The van der Waals surface area contributed by atoms with Gasteiger partial charge in [0.1, 0.15) is 11.5 Å². The SMILES string of the molecule is CNCCCN1c2ccccc2C(c2ccccc2F)=Nc2cccnc21. The number of hydrogen-bond acceptors (Lipinski definition) is 4. The van der Waals surface area contributed by atoms with Crippen LogP contribution in [-0.2, 0) is 0 Å². The lowest BCUT2D eigenvalue weighted by molar-refractivity contribution is 0.625. The zero-order valence-corrected chi connectivity index (χ0v) is 15.2. The summed E-state index contributed by atoms with van der Waals surface area (Å²) in [4.78, 5) is 11.6.